The molecule has 0 aliphatic carbocycles. The first-order valence-corrected chi connectivity index (χ1v) is 12.5. The van der Waals surface area contributed by atoms with Crippen molar-refractivity contribution in [2.75, 3.05) is 31.5 Å². The van der Waals surface area contributed by atoms with Crippen LogP contribution in [0.3, 0.4) is 0 Å². The number of phenolic OH excluding ortho intramolecular Hbond substituents is 1. The third kappa shape index (κ3) is 7.17. The first-order valence-electron chi connectivity index (χ1n) is 12.5. The average molecular weight is 472 g/mol. The van der Waals surface area contributed by atoms with Crippen molar-refractivity contribution in [1.82, 2.24) is 9.80 Å². The van der Waals surface area contributed by atoms with Crippen molar-refractivity contribution in [3.05, 3.63) is 95.1 Å². The van der Waals surface area contributed by atoms with Crippen molar-refractivity contribution < 1.29 is 9.90 Å². The summed E-state index contributed by atoms with van der Waals surface area (Å²) < 4.78 is 0. The van der Waals surface area contributed by atoms with E-state index in [1.54, 1.807) is 6.07 Å². The number of hydrogen-bond acceptors (Lipinski definition) is 4. The molecule has 1 heterocycles. The minimum Gasteiger partial charge on any atom is -0.508 e. The molecule has 1 fully saturated rings. The lowest BCUT2D eigenvalue weighted by Crippen LogP contribution is -2.30. The predicted molar refractivity (Wildman–Crippen MR) is 143 cm³/mol. The second kappa shape index (κ2) is 11.1. The number of hydrogen-bond donors (Lipinski definition) is 2. The molecule has 3 aromatic carbocycles. The topological polar surface area (TPSA) is 55.8 Å². The van der Waals surface area contributed by atoms with E-state index in [-0.39, 0.29) is 11.3 Å². The second-order valence-electron chi connectivity index (χ2n) is 10.6. The Labute approximate surface area is 209 Å². The van der Waals surface area contributed by atoms with Gasteiger partial charge in [-0.1, -0.05) is 57.2 Å². The monoisotopic (exact) mass is 471 g/mol. The van der Waals surface area contributed by atoms with Crippen LogP contribution < -0.4 is 5.32 Å². The summed E-state index contributed by atoms with van der Waals surface area (Å²) in [5.74, 6) is 0.244. The molecule has 5 nitrogen and oxygen atoms in total. The number of carbonyl (C=O) groups excluding carboxylic acids is 1. The molecule has 0 unspecified atom stereocenters. The SMILES string of the molecule is CC(C)(C)c1ccc(NC(=O)c2cccc(CN3CCCN(Cc4cccc(O)c4)CC3)c2)cc1. The first kappa shape index (κ1) is 25.0. The highest BCUT2D eigenvalue weighted by molar-refractivity contribution is 6.04. The van der Waals surface area contributed by atoms with Gasteiger partial charge in [-0.2, -0.15) is 0 Å². The summed E-state index contributed by atoms with van der Waals surface area (Å²) in [5, 5.41) is 12.8. The summed E-state index contributed by atoms with van der Waals surface area (Å²) in [5.41, 5.74) is 5.13. The molecule has 1 saturated heterocycles. The molecule has 1 amide bonds. The van der Waals surface area contributed by atoms with Crippen LogP contribution in [0, 0.1) is 0 Å². The highest BCUT2D eigenvalue weighted by Gasteiger charge is 2.17. The molecule has 0 spiro atoms. The number of benzene rings is 3. The van der Waals surface area contributed by atoms with E-state index in [4.69, 9.17) is 0 Å². The van der Waals surface area contributed by atoms with Crippen molar-refractivity contribution >= 4 is 11.6 Å². The van der Waals surface area contributed by atoms with Gasteiger partial charge in [-0.05, 0) is 78.0 Å². The van der Waals surface area contributed by atoms with E-state index in [0.29, 0.717) is 11.3 Å². The smallest absolute Gasteiger partial charge is 0.255 e. The zero-order chi connectivity index (χ0) is 24.8. The fraction of sp³-hybridized carbons (Fsp3) is 0.367. The van der Waals surface area contributed by atoms with Crippen LogP contribution in [0.2, 0.25) is 0 Å². The highest BCUT2D eigenvalue weighted by Crippen LogP contribution is 2.24. The van der Waals surface area contributed by atoms with E-state index in [1.165, 1.54) is 5.56 Å². The minimum absolute atomic E-state index is 0.0801. The Kier molecular flexibility index (Phi) is 7.89. The van der Waals surface area contributed by atoms with Gasteiger partial charge in [-0.25, -0.2) is 0 Å². The van der Waals surface area contributed by atoms with Gasteiger partial charge in [0.1, 0.15) is 5.75 Å². The van der Waals surface area contributed by atoms with E-state index in [2.05, 4.69) is 60.2 Å². The highest BCUT2D eigenvalue weighted by atomic mass is 16.3. The van der Waals surface area contributed by atoms with Crippen LogP contribution in [0.4, 0.5) is 5.69 Å². The van der Waals surface area contributed by atoms with E-state index in [9.17, 15) is 9.90 Å². The summed E-state index contributed by atoms with van der Waals surface area (Å²) in [6, 6.07) is 23.6. The lowest BCUT2D eigenvalue weighted by molar-refractivity contribution is 0.102. The molecule has 0 saturated carbocycles. The van der Waals surface area contributed by atoms with Gasteiger partial charge < -0.3 is 10.4 Å². The number of aromatic hydroxyl groups is 1. The van der Waals surface area contributed by atoms with Gasteiger partial charge >= 0.3 is 0 Å². The van der Waals surface area contributed by atoms with E-state index in [1.807, 2.05) is 42.5 Å². The predicted octanol–water partition coefficient (Wildman–Crippen LogP) is 5.65. The lowest BCUT2D eigenvalue weighted by atomic mass is 9.87. The normalized spacial score (nSPS) is 15.5. The van der Waals surface area contributed by atoms with Gasteiger partial charge in [0.15, 0.2) is 0 Å². The van der Waals surface area contributed by atoms with Crippen LogP contribution in [0.1, 0.15) is 54.2 Å². The summed E-state index contributed by atoms with van der Waals surface area (Å²) in [7, 11) is 0. The van der Waals surface area contributed by atoms with E-state index < -0.39 is 0 Å². The molecule has 0 radical (unpaired) electrons. The van der Waals surface area contributed by atoms with Crippen LogP contribution in [0.5, 0.6) is 5.75 Å². The van der Waals surface area contributed by atoms with Crippen molar-refractivity contribution in [3.63, 3.8) is 0 Å². The van der Waals surface area contributed by atoms with Crippen molar-refractivity contribution in [2.45, 2.75) is 45.7 Å². The number of amides is 1. The zero-order valence-corrected chi connectivity index (χ0v) is 21.1. The quantitative estimate of drug-likeness (QED) is 0.488. The molecule has 0 atom stereocenters. The zero-order valence-electron chi connectivity index (χ0n) is 21.1. The Morgan fingerprint density at radius 3 is 2.03 bits per heavy atom. The van der Waals surface area contributed by atoms with Gasteiger partial charge in [0.05, 0.1) is 0 Å². The average Bonchev–Trinajstić information content (AvgIpc) is 3.04. The molecular formula is C30H37N3O2. The van der Waals surface area contributed by atoms with Crippen LogP contribution in [0.15, 0.2) is 72.8 Å². The molecule has 4 rings (SSSR count). The summed E-state index contributed by atoms with van der Waals surface area (Å²) in [6.07, 6.45) is 1.10. The van der Waals surface area contributed by atoms with Crippen molar-refractivity contribution in [2.24, 2.45) is 0 Å². The Hall–Kier alpha value is -3.15. The molecule has 1 aliphatic heterocycles. The maximum absolute atomic E-state index is 12.9. The van der Waals surface area contributed by atoms with Crippen LogP contribution in [0.25, 0.3) is 0 Å². The van der Waals surface area contributed by atoms with Gasteiger partial charge in [0.2, 0.25) is 0 Å². The number of phenols is 1. The lowest BCUT2D eigenvalue weighted by Gasteiger charge is -2.22. The Bertz CT molecular complexity index is 1130. The van der Waals surface area contributed by atoms with Crippen LogP contribution in [-0.4, -0.2) is 47.0 Å². The molecule has 3 aromatic rings. The molecule has 2 N–H and O–H groups in total. The number of carbonyl (C=O) groups is 1. The van der Waals surface area contributed by atoms with Crippen molar-refractivity contribution in [3.8, 4) is 5.75 Å². The molecular weight excluding hydrogens is 434 g/mol. The standard InChI is InChI=1S/C30H37N3O2/c1-30(2,3)26-11-13-27(14-12-26)31-29(35)25-9-4-7-23(19-25)21-32-15-6-16-33(18-17-32)22-24-8-5-10-28(34)20-24/h4-5,7-14,19-20,34H,6,15-18,21-22H2,1-3H3,(H,31,35). The van der Waals surface area contributed by atoms with Crippen molar-refractivity contribution in [1.29, 1.82) is 0 Å². The largest absolute Gasteiger partial charge is 0.508 e. The Morgan fingerprint density at radius 1 is 0.829 bits per heavy atom. The maximum Gasteiger partial charge on any atom is 0.255 e. The van der Waals surface area contributed by atoms with Gasteiger partial charge in [0, 0.05) is 37.4 Å². The summed E-state index contributed by atoms with van der Waals surface area (Å²) in [4.78, 5) is 17.8. The summed E-state index contributed by atoms with van der Waals surface area (Å²) in [6.45, 7) is 12.3. The van der Waals surface area contributed by atoms with Gasteiger partial charge in [0.25, 0.3) is 5.91 Å². The molecule has 184 valence electrons. The maximum atomic E-state index is 12.9. The number of rotatable bonds is 6. The number of nitrogens with one attached hydrogen (secondary N) is 1. The molecule has 0 aromatic heterocycles. The third-order valence-electron chi connectivity index (χ3n) is 6.60. The molecule has 0 bridgehead atoms. The van der Waals surface area contributed by atoms with Crippen LogP contribution >= 0.6 is 0 Å². The fourth-order valence-electron chi connectivity index (χ4n) is 4.58. The first-order chi connectivity index (χ1) is 16.8. The number of anilines is 1. The molecule has 5 heteroatoms. The molecule has 1 aliphatic rings. The van der Waals surface area contributed by atoms with E-state index in [0.717, 1.165) is 62.5 Å². The number of nitrogens with zero attached hydrogens (tertiary/aromatic N) is 2. The van der Waals surface area contributed by atoms with Gasteiger partial charge in [-0.3, -0.25) is 14.6 Å². The Balaban J connectivity index is 1.32. The van der Waals surface area contributed by atoms with E-state index >= 15 is 0 Å². The fourth-order valence-corrected chi connectivity index (χ4v) is 4.58. The minimum atomic E-state index is -0.0801. The second-order valence-corrected chi connectivity index (χ2v) is 10.6. The Morgan fingerprint density at radius 2 is 1.43 bits per heavy atom. The molecule has 35 heavy (non-hydrogen) atoms. The van der Waals surface area contributed by atoms with Gasteiger partial charge in [-0.15, -0.1) is 0 Å². The summed E-state index contributed by atoms with van der Waals surface area (Å²) >= 11 is 0. The third-order valence-corrected chi connectivity index (χ3v) is 6.60. The van der Waals surface area contributed by atoms with Crippen LogP contribution in [-0.2, 0) is 18.5 Å².